The fourth-order valence-electron chi connectivity index (χ4n) is 2.31. The van der Waals surface area contributed by atoms with Gasteiger partial charge in [-0.1, -0.05) is 35.6 Å². The number of aromatic nitrogens is 2. The number of hydrogen-bond donors (Lipinski definition) is 0. The monoisotopic (exact) mass is 280 g/mol. The van der Waals surface area contributed by atoms with Crippen LogP contribution < -0.4 is 11.1 Å². The number of para-hydroxylation sites is 1. The van der Waals surface area contributed by atoms with E-state index in [1.807, 2.05) is 18.2 Å². The zero-order valence-corrected chi connectivity index (χ0v) is 11.1. The van der Waals surface area contributed by atoms with Gasteiger partial charge in [-0.25, -0.2) is 9.38 Å². The number of hydrogen-bond acceptors (Lipinski definition) is 4. The molecule has 5 heteroatoms. The van der Waals surface area contributed by atoms with Gasteiger partial charge in [0.05, 0.1) is 16.3 Å². The van der Waals surface area contributed by atoms with Crippen LogP contribution in [0.2, 0.25) is 0 Å². The Morgan fingerprint density at radius 2 is 1.50 bits per heavy atom. The minimum absolute atomic E-state index is 0.308. The third-order valence-corrected chi connectivity index (χ3v) is 4.30. The topological polar surface area (TPSA) is 51.4 Å². The summed E-state index contributed by atoms with van der Waals surface area (Å²) in [6, 6.07) is 14.3. The first kappa shape index (κ1) is 11.3. The maximum Gasteiger partial charge on any atom is 0.269 e. The highest BCUT2D eigenvalue weighted by atomic mass is 32.1. The normalized spacial score (nSPS) is 11.4. The fourth-order valence-corrected chi connectivity index (χ4v) is 3.32. The Bertz CT molecular complexity index is 1010. The van der Waals surface area contributed by atoms with Crippen LogP contribution in [0.4, 0.5) is 0 Å². The number of fused-ring (bicyclic) bond motifs is 3. The summed E-state index contributed by atoms with van der Waals surface area (Å²) >= 11 is 1.35. The van der Waals surface area contributed by atoms with Gasteiger partial charge in [-0.15, -0.1) is 0 Å². The molecule has 0 fully saturated rings. The predicted octanol–water partition coefficient (Wildman–Crippen LogP) is 2.42. The molecule has 4 aromatic rings. The molecule has 2 aromatic heterocycles. The molecule has 0 saturated carbocycles. The van der Waals surface area contributed by atoms with Crippen molar-refractivity contribution < 1.29 is 0 Å². The van der Waals surface area contributed by atoms with Crippen molar-refractivity contribution in [3.8, 4) is 0 Å². The summed E-state index contributed by atoms with van der Waals surface area (Å²) in [4.78, 5) is 29.8. The highest BCUT2D eigenvalue weighted by Crippen LogP contribution is 2.19. The molecule has 0 aliphatic rings. The van der Waals surface area contributed by atoms with Crippen LogP contribution in [0.15, 0.2) is 58.1 Å². The average molecular weight is 280 g/mol. The van der Waals surface area contributed by atoms with Crippen molar-refractivity contribution in [1.29, 1.82) is 0 Å². The summed E-state index contributed by atoms with van der Waals surface area (Å²) in [5.41, 5.74) is -0.00126. The molecule has 0 aliphatic carbocycles. The van der Waals surface area contributed by atoms with Crippen LogP contribution in [0.5, 0.6) is 0 Å². The lowest BCUT2D eigenvalue weighted by molar-refractivity contribution is 1.06. The van der Waals surface area contributed by atoms with E-state index in [2.05, 4.69) is 4.98 Å². The van der Waals surface area contributed by atoms with Crippen molar-refractivity contribution in [3.05, 3.63) is 69.2 Å². The number of benzene rings is 2. The molecule has 0 unspecified atom stereocenters. The average Bonchev–Trinajstić information content (AvgIpc) is 2.47. The molecule has 0 saturated heterocycles. The van der Waals surface area contributed by atoms with Gasteiger partial charge in [0, 0.05) is 4.70 Å². The second-order valence-electron chi connectivity index (χ2n) is 4.46. The lowest BCUT2D eigenvalue weighted by Crippen LogP contribution is -2.26. The number of nitrogens with zero attached hydrogens (tertiary/aromatic N) is 2. The Balaban J connectivity index is 2.38. The van der Waals surface area contributed by atoms with E-state index < -0.39 is 0 Å². The molecule has 0 radical (unpaired) electrons. The largest absolute Gasteiger partial charge is 0.269 e. The van der Waals surface area contributed by atoms with Gasteiger partial charge in [0.1, 0.15) is 0 Å². The number of rotatable bonds is 0. The molecule has 4 rings (SSSR count). The quantitative estimate of drug-likeness (QED) is 0.465. The molecule has 0 N–H and O–H groups in total. The molecular weight excluding hydrogens is 272 g/mol. The molecule has 0 aliphatic heterocycles. The zero-order valence-electron chi connectivity index (χ0n) is 10.2. The smallest absolute Gasteiger partial charge is 0.268 e. The summed E-state index contributed by atoms with van der Waals surface area (Å²) in [5, 5.41) is 1.01. The lowest BCUT2D eigenvalue weighted by Gasteiger charge is -2.03. The second-order valence-corrected chi connectivity index (χ2v) is 5.46. The molecule has 4 nitrogen and oxygen atoms in total. The Labute approximate surface area is 116 Å². The van der Waals surface area contributed by atoms with Crippen molar-refractivity contribution in [3.63, 3.8) is 0 Å². The summed E-state index contributed by atoms with van der Waals surface area (Å²) in [5.74, 6) is 0. The van der Waals surface area contributed by atoms with Gasteiger partial charge in [-0.2, -0.15) is 0 Å². The predicted molar refractivity (Wildman–Crippen MR) is 80.6 cm³/mol. The minimum Gasteiger partial charge on any atom is -0.268 e. The van der Waals surface area contributed by atoms with Crippen molar-refractivity contribution in [1.82, 2.24) is 9.38 Å². The molecule has 0 spiro atoms. The van der Waals surface area contributed by atoms with Crippen LogP contribution in [0.25, 0.3) is 25.9 Å². The van der Waals surface area contributed by atoms with Crippen LogP contribution in [0.1, 0.15) is 0 Å². The molecule has 0 amide bonds. The van der Waals surface area contributed by atoms with Crippen LogP contribution in [0.3, 0.4) is 0 Å². The van der Waals surface area contributed by atoms with Crippen molar-refractivity contribution in [2.24, 2.45) is 0 Å². The van der Waals surface area contributed by atoms with Crippen LogP contribution in [-0.2, 0) is 0 Å². The second kappa shape index (κ2) is 3.98. The Hall–Kier alpha value is -2.53. The van der Waals surface area contributed by atoms with E-state index in [1.54, 1.807) is 30.3 Å². The van der Waals surface area contributed by atoms with Crippen LogP contribution in [0, 0.1) is 0 Å². The van der Waals surface area contributed by atoms with E-state index in [-0.39, 0.29) is 11.1 Å². The van der Waals surface area contributed by atoms with E-state index in [1.165, 1.54) is 11.3 Å². The maximum absolute atomic E-state index is 12.5. The maximum atomic E-state index is 12.5. The molecule has 0 atom stereocenters. The third-order valence-electron chi connectivity index (χ3n) is 3.27. The van der Waals surface area contributed by atoms with E-state index in [4.69, 9.17) is 0 Å². The fraction of sp³-hybridized carbons (Fsp3) is 0. The van der Waals surface area contributed by atoms with Gasteiger partial charge in [0.15, 0.2) is 0 Å². The summed E-state index contributed by atoms with van der Waals surface area (Å²) in [7, 11) is 0. The Morgan fingerprint density at radius 1 is 0.850 bits per heavy atom. The molecule has 0 bridgehead atoms. The highest BCUT2D eigenvalue weighted by molar-refractivity contribution is 7.23. The van der Waals surface area contributed by atoms with Gasteiger partial charge >= 0.3 is 0 Å². The minimum atomic E-state index is -0.308. The summed E-state index contributed by atoms with van der Waals surface area (Å²) in [6.45, 7) is 0. The van der Waals surface area contributed by atoms with Crippen LogP contribution >= 0.6 is 11.3 Å². The van der Waals surface area contributed by atoms with Crippen molar-refractivity contribution in [2.45, 2.75) is 0 Å². The summed E-state index contributed by atoms with van der Waals surface area (Å²) < 4.78 is 2.00. The van der Waals surface area contributed by atoms with Gasteiger partial charge in [0.25, 0.3) is 11.1 Å². The van der Waals surface area contributed by atoms with Crippen LogP contribution in [-0.4, -0.2) is 9.38 Å². The standard InChI is InChI=1S/C15H8N2O2S/c18-13-9-5-1-3-7-11(9)16-15-17(13)14(19)10-6-2-4-8-12(10)20-15/h1-8H. The van der Waals surface area contributed by atoms with Gasteiger partial charge < -0.3 is 0 Å². The van der Waals surface area contributed by atoms with Gasteiger partial charge in [-0.05, 0) is 24.3 Å². The Kier molecular flexibility index (Phi) is 2.25. The lowest BCUT2D eigenvalue weighted by atomic mass is 10.2. The highest BCUT2D eigenvalue weighted by Gasteiger charge is 2.10. The van der Waals surface area contributed by atoms with Crippen molar-refractivity contribution >= 4 is 37.3 Å². The van der Waals surface area contributed by atoms with E-state index in [9.17, 15) is 9.59 Å². The first-order valence-electron chi connectivity index (χ1n) is 6.09. The van der Waals surface area contributed by atoms with Crippen molar-refractivity contribution in [2.75, 3.05) is 0 Å². The first-order valence-corrected chi connectivity index (χ1v) is 6.91. The summed E-state index contributed by atoms with van der Waals surface area (Å²) in [6.07, 6.45) is 0. The molecule has 20 heavy (non-hydrogen) atoms. The molecular formula is C15H8N2O2S. The van der Waals surface area contributed by atoms with E-state index in [0.29, 0.717) is 21.3 Å². The van der Waals surface area contributed by atoms with E-state index >= 15 is 0 Å². The SMILES string of the molecule is O=c1c2ccccc2nc2sc3ccccc3c(=O)n12. The zero-order chi connectivity index (χ0) is 13.7. The van der Waals surface area contributed by atoms with Gasteiger partial charge in [-0.3, -0.25) is 9.59 Å². The molecule has 2 heterocycles. The Morgan fingerprint density at radius 3 is 2.35 bits per heavy atom. The first-order chi connectivity index (χ1) is 9.75. The van der Waals surface area contributed by atoms with E-state index in [0.717, 1.165) is 9.10 Å². The molecule has 96 valence electrons. The molecule has 2 aromatic carbocycles. The van der Waals surface area contributed by atoms with Gasteiger partial charge in [0.2, 0.25) is 4.96 Å². The third kappa shape index (κ3) is 1.44.